The molecule has 0 fully saturated rings. The Morgan fingerprint density at radius 1 is 1.18 bits per heavy atom. The average Bonchev–Trinajstić information content (AvgIpc) is 3.14. The summed E-state index contributed by atoms with van der Waals surface area (Å²) in [6.45, 7) is 1.91. The minimum atomic E-state index is -0.685. The molecule has 0 aliphatic heterocycles. The van der Waals surface area contributed by atoms with Crippen molar-refractivity contribution in [1.29, 1.82) is 0 Å². The number of methoxy groups -OCH3 is 1. The molecule has 10 nitrogen and oxygen atoms in total. The molecule has 0 aliphatic rings. The summed E-state index contributed by atoms with van der Waals surface area (Å²) in [7, 11) is 1.22. The Bertz CT molecular complexity index is 1330. The number of hydrogen-bond donors (Lipinski definition) is 2. The van der Waals surface area contributed by atoms with E-state index in [0.29, 0.717) is 16.8 Å². The lowest BCUT2D eigenvalue weighted by atomic mass is 10.1. The van der Waals surface area contributed by atoms with Crippen LogP contribution in [0.25, 0.3) is 17.0 Å². The van der Waals surface area contributed by atoms with Crippen LogP contribution in [0, 0.1) is 11.6 Å². The lowest BCUT2D eigenvalue weighted by Crippen LogP contribution is -2.32. The van der Waals surface area contributed by atoms with Crippen LogP contribution in [0.3, 0.4) is 0 Å². The molecule has 4 aromatic rings. The van der Waals surface area contributed by atoms with Crippen LogP contribution in [-0.2, 0) is 11.2 Å². The maximum atomic E-state index is 14.2. The maximum absolute atomic E-state index is 14.2. The molecule has 0 unspecified atom stereocenters. The van der Waals surface area contributed by atoms with Gasteiger partial charge in [0.05, 0.1) is 24.5 Å². The van der Waals surface area contributed by atoms with Crippen LogP contribution in [0.2, 0.25) is 0 Å². The number of benzene rings is 1. The van der Waals surface area contributed by atoms with E-state index in [2.05, 4.69) is 20.1 Å². The molecular weight excluding hydrogens is 434 g/mol. The molecule has 1 amide bonds. The van der Waals surface area contributed by atoms with Crippen molar-refractivity contribution in [1.82, 2.24) is 24.7 Å². The van der Waals surface area contributed by atoms with Crippen molar-refractivity contribution in [3.05, 3.63) is 59.4 Å². The summed E-state index contributed by atoms with van der Waals surface area (Å²) in [5.41, 5.74) is 13.6. The highest BCUT2D eigenvalue weighted by Crippen LogP contribution is 2.30. The van der Waals surface area contributed by atoms with Gasteiger partial charge in [0.1, 0.15) is 22.8 Å². The van der Waals surface area contributed by atoms with E-state index in [4.69, 9.17) is 16.2 Å². The Balaban J connectivity index is 1.86. The topological polar surface area (TPSA) is 138 Å². The number of nitrogens with two attached hydrogens (primary N) is 2. The van der Waals surface area contributed by atoms with E-state index in [9.17, 15) is 13.6 Å². The van der Waals surface area contributed by atoms with E-state index in [0.717, 1.165) is 6.20 Å². The van der Waals surface area contributed by atoms with Crippen molar-refractivity contribution in [2.24, 2.45) is 0 Å². The first-order valence-corrected chi connectivity index (χ1v) is 9.89. The number of rotatable bonds is 5. The Kier molecular flexibility index (Phi) is 5.73. The Morgan fingerprint density at radius 3 is 2.52 bits per heavy atom. The highest BCUT2D eigenvalue weighted by molar-refractivity contribution is 5.95. The van der Waals surface area contributed by atoms with Crippen LogP contribution in [0.15, 0.2) is 36.5 Å². The number of carbonyl (C=O) groups excluding carboxylic acids is 1. The molecule has 0 saturated carbocycles. The van der Waals surface area contributed by atoms with E-state index < -0.39 is 17.7 Å². The number of nitrogens with zero attached hydrogens (tertiary/aromatic N) is 6. The minimum Gasteiger partial charge on any atom is -0.452 e. The third-order valence-corrected chi connectivity index (χ3v) is 4.97. The smallest absolute Gasteiger partial charge is 0.414 e. The fourth-order valence-electron chi connectivity index (χ4n) is 3.47. The molecule has 170 valence electrons. The molecular formula is C21H20F2N8O2. The van der Waals surface area contributed by atoms with Crippen LogP contribution in [-0.4, -0.2) is 44.5 Å². The van der Waals surface area contributed by atoms with Crippen molar-refractivity contribution in [2.75, 3.05) is 30.0 Å². The first kappa shape index (κ1) is 21.9. The Labute approximate surface area is 186 Å². The molecule has 4 rings (SSSR count). The maximum Gasteiger partial charge on any atom is 0.414 e. The molecule has 3 aromatic heterocycles. The second-order valence-electron chi connectivity index (χ2n) is 7.00. The van der Waals surface area contributed by atoms with E-state index in [1.165, 1.54) is 28.8 Å². The van der Waals surface area contributed by atoms with Crippen LogP contribution in [0.4, 0.5) is 30.9 Å². The molecule has 0 spiro atoms. The number of ether oxygens (including phenoxy) is 1. The van der Waals surface area contributed by atoms with Crippen LogP contribution in [0.1, 0.15) is 18.2 Å². The Hall–Kier alpha value is -4.35. The van der Waals surface area contributed by atoms with Gasteiger partial charge >= 0.3 is 6.09 Å². The van der Waals surface area contributed by atoms with Crippen LogP contribution < -0.4 is 16.4 Å². The van der Waals surface area contributed by atoms with E-state index in [1.807, 2.05) is 0 Å². The zero-order chi connectivity index (χ0) is 23.7. The van der Waals surface area contributed by atoms with E-state index in [-0.39, 0.29) is 41.8 Å². The number of carbonyl (C=O) groups is 1. The van der Waals surface area contributed by atoms with Gasteiger partial charge in [0.15, 0.2) is 11.6 Å². The summed E-state index contributed by atoms with van der Waals surface area (Å²) < 4.78 is 34.2. The number of hydrogen-bond acceptors (Lipinski definition) is 8. The summed E-state index contributed by atoms with van der Waals surface area (Å²) in [6, 6.07) is 7.45. The predicted octanol–water partition coefficient (Wildman–Crippen LogP) is 2.84. The first-order valence-electron chi connectivity index (χ1n) is 9.89. The molecule has 1 aromatic carbocycles. The van der Waals surface area contributed by atoms with E-state index >= 15 is 0 Å². The molecule has 3 heterocycles. The van der Waals surface area contributed by atoms with Crippen molar-refractivity contribution in [2.45, 2.75) is 13.3 Å². The summed E-state index contributed by atoms with van der Waals surface area (Å²) in [5.74, 6) is -1.28. The minimum absolute atomic E-state index is 0.0631. The number of anilines is 3. The van der Waals surface area contributed by atoms with Crippen molar-refractivity contribution in [3.8, 4) is 5.95 Å². The highest BCUT2D eigenvalue weighted by Gasteiger charge is 2.24. The molecule has 0 saturated heterocycles. The van der Waals surface area contributed by atoms with Gasteiger partial charge in [-0.25, -0.2) is 18.6 Å². The summed E-state index contributed by atoms with van der Waals surface area (Å²) in [5, 5.41) is 4.44. The van der Waals surface area contributed by atoms with Gasteiger partial charge in [-0.1, -0.05) is 18.2 Å². The number of pyridine rings is 1. The van der Waals surface area contributed by atoms with Gasteiger partial charge in [0, 0.05) is 19.0 Å². The zero-order valence-electron chi connectivity index (χ0n) is 17.8. The zero-order valence-corrected chi connectivity index (χ0v) is 17.8. The average molecular weight is 454 g/mol. The third-order valence-electron chi connectivity index (χ3n) is 4.97. The summed E-state index contributed by atoms with van der Waals surface area (Å²) >= 11 is 0. The van der Waals surface area contributed by atoms with Crippen LogP contribution in [0.5, 0.6) is 0 Å². The van der Waals surface area contributed by atoms with Gasteiger partial charge in [-0.15, -0.1) is 0 Å². The van der Waals surface area contributed by atoms with Crippen molar-refractivity contribution < 1.29 is 18.3 Å². The van der Waals surface area contributed by atoms with Gasteiger partial charge < -0.3 is 16.2 Å². The monoisotopic (exact) mass is 454 g/mol. The second kappa shape index (κ2) is 8.65. The number of fused-ring (bicyclic) bond motifs is 1. The molecule has 0 bridgehead atoms. The van der Waals surface area contributed by atoms with Crippen molar-refractivity contribution in [3.63, 3.8) is 0 Å². The largest absolute Gasteiger partial charge is 0.452 e. The van der Waals surface area contributed by atoms with Gasteiger partial charge in [-0.05, 0) is 18.6 Å². The highest BCUT2D eigenvalue weighted by atomic mass is 19.1. The predicted molar refractivity (Wildman–Crippen MR) is 118 cm³/mol. The molecule has 0 atom stereocenters. The number of nitrogen functional groups attached to an aromatic ring is 2. The number of aromatic nitrogens is 5. The normalized spacial score (nSPS) is 11.0. The van der Waals surface area contributed by atoms with Gasteiger partial charge in [-0.2, -0.15) is 19.7 Å². The number of halogens is 2. The SMILES string of the molecule is CCN(C(=O)OC)c1c(N)nc(-n2nc(Cc3ccccc3F)c3ncc(F)cc32)nc1N. The van der Waals surface area contributed by atoms with Gasteiger partial charge in [0.2, 0.25) is 0 Å². The Morgan fingerprint density at radius 2 is 1.88 bits per heavy atom. The molecule has 33 heavy (non-hydrogen) atoms. The van der Waals surface area contributed by atoms with Gasteiger partial charge in [-0.3, -0.25) is 4.90 Å². The van der Waals surface area contributed by atoms with Crippen molar-refractivity contribution >= 4 is 34.4 Å². The summed E-state index contributed by atoms with van der Waals surface area (Å²) in [4.78, 5) is 25.8. The fourth-order valence-corrected chi connectivity index (χ4v) is 3.47. The lowest BCUT2D eigenvalue weighted by Gasteiger charge is -2.21. The third kappa shape index (κ3) is 3.97. The molecule has 0 radical (unpaired) electrons. The standard InChI is InChI=1S/C21H20F2N8O2/c1-3-30(21(32)33-2)17-18(24)27-20(28-19(17)25)31-15-9-12(22)10-26-16(15)14(29-31)8-11-6-4-5-7-13(11)23/h4-7,9-10H,3,8H2,1-2H3,(H4,24,25,27,28). The molecule has 4 N–H and O–H groups in total. The fraction of sp³-hybridized carbons (Fsp3) is 0.190. The van der Waals surface area contributed by atoms with Crippen LogP contribution >= 0.6 is 0 Å². The molecule has 0 aliphatic carbocycles. The summed E-state index contributed by atoms with van der Waals surface area (Å²) in [6.07, 6.45) is 0.459. The molecule has 12 heteroatoms. The van der Waals surface area contributed by atoms with Gasteiger partial charge in [0.25, 0.3) is 5.95 Å². The number of amides is 1. The lowest BCUT2D eigenvalue weighted by molar-refractivity contribution is 0.179. The second-order valence-corrected chi connectivity index (χ2v) is 7.00. The first-order chi connectivity index (χ1) is 15.8. The van der Waals surface area contributed by atoms with E-state index in [1.54, 1.807) is 25.1 Å². The quantitative estimate of drug-likeness (QED) is 0.469.